The predicted octanol–water partition coefficient (Wildman–Crippen LogP) is 2.87. The predicted molar refractivity (Wildman–Crippen MR) is 93.9 cm³/mol. The van der Waals surface area contributed by atoms with E-state index in [0.717, 1.165) is 0 Å². The number of hydrogen-bond donors (Lipinski definition) is 1. The van der Waals surface area contributed by atoms with E-state index in [0.29, 0.717) is 30.6 Å². The number of halogens is 3. The highest BCUT2D eigenvalue weighted by atomic mass is 79.9. The first-order valence-electron chi connectivity index (χ1n) is 5.53. The zero-order chi connectivity index (χ0) is 15.7. The van der Waals surface area contributed by atoms with E-state index < -0.39 is 0 Å². The Kier molecular flexibility index (Phi) is 5.22. The number of benzene rings is 2. The van der Waals surface area contributed by atoms with Gasteiger partial charge in [-0.15, -0.1) is 0 Å². The molecular formula is C13H5B2Br3O3. The van der Waals surface area contributed by atoms with Gasteiger partial charge in [0.2, 0.25) is 0 Å². The monoisotopic (exact) mass is 468 g/mol. The Morgan fingerprint density at radius 2 is 1.76 bits per heavy atom. The fourth-order valence-electron chi connectivity index (χ4n) is 1.62. The maximum atomic E-state index is 11.2. The standard InChI is InChI=1S/C13H5B2Br3O3/c14-6-2-8(16)12(20)9(3-6)21-13-5(4-19)1-7(15)10(17)11(13)18/h1-4,20H. The molecule has 2 aromatic carbocycles. The van der Waals surface area contributed by atoms with Crippen LogP contribution in [0, 0.1) is 0 Å². The van der Waals surface area contributed by atoms with Gasteiger partial charge in [0.25, 0.3) is 0 Å². The van der Waals surface area contributed by atoms with Crippen LogP contribution in [-0.4, -0.2) is 27.1 Å². The number of hydrogen-bond acceptors (Lipinski definition) is 3. The molecule has 0 saturated heterocycles. The number of ether oxygens (including phenoxy) is 1. The van der Waals surface area contributed by atoms with Crippen molar-refractivity contribution < 1.29 is 14.6 Å². The van der Waals surface area contributed by atoms with Gasteiger partial charge in [0, 0.05) is 4.47 Å². The molecule has 2 aromatic rings. The maximum Gasteiger partial charge on any atom is 0.172 e. The summed E-state index contributed by atoms with van der Waals surface area (Å²) in [4.78, 5) is 11.2. The van der Waals surface area contributed by atoms with Gasteiger partial charge in [-0.1, -0.05) is 39.0 Å². The molecule has 0 aliphatic heterocycles. The van der Waals surface area contributed by atoms with Crippen LogP contribution in [0.1, 0.15) is 10.4 Å². The Morgan fingerprint density at radius 1 is 1.10 bits per heavy atom. The summed E-state index contributed by atoms with van der Waals surface area (Å²) >= 11 is 9.77. The van der Waals surface area contributed by atoms with Crippen LogP contribution in [0.3, 0.4) is 0 Å². The molecule has 0 heterocycles. The molecule has 4 radical (unpaired) electrons. The van der Waals surface area contributed by atoms with Crippen LogP contribution in [0.15, 0.2) is 31.6 Å². The summed E-state index contributed by atoms with van der Waals surface area (Å²) in [7, 11) is 11.5. The van der Waals surface area contributed by atoms with Crippen LogP contribution >= 0.6 is 47.8 Å². The van der Waals surface area contributed by atoms with Crippen molar-refractivity contribution in [1.29, 1.82) is 0 Å². The average Bonchev–Trinajstić information content (AvgIpc) is 2.44. The molecule has 0 bridgehead atoms. The van der Waals surface area contributed by atoms with E-state index in [1.807, 2.05) is 0 Å². The van der Waals surface area contributed by atoms with Crippen LogP contribution in [0.25, 0.3) is 0 Å². The third-order valence-corrected chi connectivity index (χ3v) is 5.36. The molecule has 0 atom stereocenters. The van der Waals surface area contributed by atoms with Crippen molar-refractivity contribution in [3.63, 3.8) is 0 Å². The number of carbonyl (C=O) groups is 1. The minimum absolute atomic E-state index is 0.113. The van der Waals surface area contributed by atoms with Crippen LogP contribution < -0.4 is 15.7 Å². The second-order valence-corrected chi connectivity index (χ2v) is 6.52. The summed E-state index contributed by atoms with van der Waals surface area (Å²) < 4.78 is 7.03. The van der Waals surface area contributed by atoms with E-state index in [9.17, 15) is 9.90 Å². The Balaban J connectivity index is 2.59. The topological polar surface area (TPSA) is 46.5 Å². The van der Waals surface area contributed by atoms with Crippen LogP contribution in [0.4, 0.5) is 0 Å². The zero-order valence-corrected chi connectivity index (χ0v) is 15.1. The second-order valence-electron chi connectivity index (χ2n) is 4.08. The average molecular weight is 471 g/mol. The fraction of sp³-hybridized carbons (Fsp3) is 0. The molecule has 0 saturated carbocycles. The number of carbonyl (C=O) groups excluding carboxylic acids is 1. The molecule has 0 aliphatic rings. The molecule has 102 valence electrons. The highest BCUT2D eigenvalue weighted by Gasteiger charge is 2.17. The number of rotatable bonds is 3. The molecule has 0 fully saturated rings. The first-order chi connectivity index (χ1) is 9.85. The van der Waals surface area contributed by atoms with Gasteiger partial charge >= 0.3 is 0 Å². The van der Waals surface area contributed by atoms with Gasteiger partial charge in [-0.05, 0) is 37.9 Å². The van der Waals surface area contributed by atoms with Crippen molar-refractivity contribution in [3.05, 3.63) is 37.2 Å². The van der Waals surface area contributed by atoms with Crippen molar-refractivity contribution in [2.45, 2.75) is 0 Å². The minimum Gasteiger partial charge on any atom is -0.503 e. The molecule has 0 spiro atoms. The number of phenols is 1. The third kappa shape index (κ3) is 3.38. The smallest absolute Gasteiger partial charge is 0.172 e. The van der Waals surface area contributed by atoms with Crippen molar-refractivity contribution in [1.82, 2.24) is 0 Å². The quantitative estimate of drug-likeness (QED) is 0.555. The van der Waals surface area contributed by atoms with E-state index in [1.54, 1.807) is 0 Å². The molecule has 0 amide bonds. The summed E-state index contributed by atoms with van der Waals surface area (Å²) in [5.74, 6) is 0.210. The van der Waals surface area contributed by atoms with Crippen LogP contribution in [-0.2, 0) is 0 Å². The van der Waals surface area contributed by atoms with Gasteiger partial charge < -0.3 is 9.84 Å². The molecule has 21 heavy (non-hydrogen) atoms. The van der Waals surface area contributed by atoms with Gasteiger partial charge in [-0.3, -0.25) is 4.79 Å². The Hall–Kier alpha value is -0.720. The van der Waals surface area contributed by atoms with Crippen LogP contribution in [0.2, 0.25) is 0 Å². The third-order valence-electron chi connectivity index (χ3n) is 2.61. The molecule has 0 unspecified atom stereocenters. The second kappa shape index (κ2) is 6.58. The SMILES string of the molecule is [B]c1cc(Br)c(O)c(Oc2c(C=O)cc([B])c(Br)c2Br)c1. The van der Waals surface area contributed by atoms with E-state index in [1.165, 1.54) is 18.2 Å². The number of aldehydes is 1. The zero-order valence-electron chi connectivity index (χ0n) is 10.4. The summed E-state index contributed by atoms with van der Waals surface area (Å²) in [6.07, 6.45) is 0.612. The fourth-order valence-corrected chi connectivity index (χ4v) is 2.92. The molecular weight excluding hydrogens is 465 g/mol. The molecule has 1 N–H and O–H groups in total. The van der Waals surface area contributed by atoms with E-state index in [4.69, 9.17) is 20.4 Å². The lowest BCUT2D eigenvalue weighted by Crippen LogP contribution is -2.09. The first kappa shape index (κ1) is 16.6. The van der Waals surface area contributed by atoms with Gasteiger partial charge in [0.15, 0.2) is 23.5 Å². The van der Waals surface area contributed by atoms with Crippen molar-refractivity contribution in [2.24, 2.45) is 0 Å². The Labute approximate surface area is 149 Å². The maximum absolute atomic E-state index is 11.2. The summed E-state index contributed by atoms with van der Waals surface area (Å²) in [5, 5.41) is 9.99. The highest BCUT2D eigenvalue weighted by molar-refractivity contribution is 9.13. The molecule has 2 rings (SSSR count). The van der Waals surface area contributed by atoms with Crippen LogP contribution in [0.5, 0.6) is 17.2 Å². The van der Waals surface area contributed by atoms with Gasteiger partial charge in [0.05, 0.1) is 14.5 Å². The molecule has 3 nitrogen and oxygen atoms in total. The summed E-state index contributed by atoms with van der Waals surface area (Å²) in [6, 6.07) is 4.46. The molecule has 8 heteroatoms. The van der Waals surface area contributed by atoms with Crippen molar-refractivity contribution in [3.8, 4) is 17.2 Å². The lowest BCUT2D eigenvalue weighted by Gasteiger charge is -2.15. The number of aromatic hydroxyl groups is 1. The summed E-state index contributed by atoms with van der Waals surface area (Å²) in [6.45, 7) is 0. The van der Waals surface area contributed by atoms with Gasteiger partial charge in [-0.25, -0.2) is 0 Å². The lowest BCUT2D eigenvalue weighted by molar-refractivity contribution is 0.112. The number of phenolic OH excluding ortho intramolecular Hbond substituents is 1. The van der Waals surface area contributed by atoms with Gasteiger partial charge in [-0.2, -0.15) is 0 Å². The highest BCUT2D eigenvalue weighted by Crippen LogP contribution is 2.41. The molecule has 0 aliphatic carbocycles. The first-order valence-corrected chi connectivity index (χ1v) is 7.91. The minimum atomic E-state index is -0.124. The van der Waals surface area contributed by atoms with Crippen molar-refractivity contribution in [2.75, 3.05) is 0 Å². The molecule has 0 aromatic heterocycles. The van der Waals surface area contributed by atoms with E-state index >= 15 is 0 Å². The Morgan fingerprint density at radius 3 is 2.38 bits per heavy atom. The summed E-state index contributed by atoms with van der Waals surface area (Å²) in [5.41, 5.74) is 1.02. The van der Waals surface area contributed by atoms with Gasteiger partial charge in [0.1, 0.15) is 15.7 Å². The normalized spacial score (nSPS) is 10.4. The largest absolute Gasteiger partial charge is 0.503 e. The Bertz CT molecular complexity index is 735. The van der Waals surface area contributed by atoms with E-state index in [-0.39, 0.29) is 22.8 Å². The lowest BCUT2D eigenvalue weighted by atomic mass is 9.94. The van der Waals surface area contributed by atoms with E-state index in [2.05, 4.69) is 47.8 Å². The van der Waals surface area contributed by atoms with Crippen molar-refractivity contribution >= 4 is 80.7 Å².